The molecule has 1 aromatic rings. The molecule has 12 heavy (non-hydrogen) atoms. The molecule has 0 N–H and O–H groups in total. The van der Waals surface area contributed by atoms with Gasteiger partial charge in [0.1, 0.15) is 5.82 Å². The molecule has 0 aromatic heterocycles. The van der Waals surface area contributed by atoms with Crippen molar-refractivity contribution >= 4 is 11.6 Å². The predicted molar refractivity (Wildman–Crippen MR) is 50.0 cm³/mol. The van der Waals surface area contributed by atoms with Crippen molar-refractivity contribution in [1.82, 2.24) is 0 Å². The van der Waals surface area contributed by atoms with E-state index in [1.165, 1.54) is 12.1 Å². The van der Waals surface area contributed by atoms with Crippen LogP contribution in [-0.4, -0.2) is 5.38 Å². The van der Waals surface area contributed by atoms with Gasteiger partial charge < -0.3 is 0 Å². The van der Waals surface area contributed by atoms with Gasteiger partial charge in [-0.15, -0.1) is 11.6 Å². The lowest BCUT2D eigenvalue weighted by molar-refractivity contribution is 0.626. The quantitative estimate of drug-likeness (QED) is 0.635. The summed E-state index contributed by atoms with van der Waals surface area (Å²) in [4.78, 5) is 0. The third-order valence-electron chi connectivity index (χ3n) is 1.81. The third kappa shape index (κ3) is 2.82. The van der Waals surface area contributed by atoms with Crippen LogP contribution in [0.15, 0.2) is 24.3 Å². The summed E-state index contributed by atoms with van der Waals surface area (Å²) < 4.78 is 12.5. The summed E-state index contributed by atoms with van der Waals surface area (Å²) in [7, 11) is 0. The van der Waals surface area contributed by atoms with E-state index in [1.807, 2.05) is 6.92 Å². The third-order valence-corrected chi connectivity index (χ3v) is 2.28. The Kier molecular flexibility index (Phi) is 3.54. The molecule has 1 unspecified atom stereocenters. The highest BCUT2D eigenvalue weighted by atomic mass is 35.5. The largest absolute Gasteiger partial charge is 0.207 e. The zero-order chi connectivity index (χ0) is 8.97. The molecule has 1 rings (SSSR count). The second kappa shape index (κ2) is 4.46. The van der Waals surface area contributed by atoms with Gasteiger partial charge in [0.25, 0.3) is 0 Å². The van der Waals surface area contributed by atoms with Crippen LogP contribution in [0, 0.1) is 5.82 Å². The van der Waals surface area contributed by atoms with E-state index in [4.69, 9.17) is 11.6 Å². The first-order valence-electron chi connectivity index (χ1n) is 4.11. The zero-order valence-corrected chi connectivity index (χ0v) is 7.81. The Morgan fingerprint density at radius 2 is 1.92 bits per heavy atom. The van der Waals surface area contributed by atoms with E-state index in [9.17, 15) is 4.39 Å². The maximum absolute atomic E-state index is 12.5. The molecule has 66 valence electrons. The summed E-state index contributed by atoms with van der Waals surface area (Å²) in [5.74, 6) is -0.193. The molecular formula is C10H12ClF. The van der Waals surface area contributed by atoms with Gasteiger partial charge in [0, 0.05) is 5.38 Å². The minimum Gasteiger partial charge on any atom is -0.207 e. The van der Waals surface area contributed by atoms with Crippen molar-refractivity contribution in [2.45, 2.75) is 25.1 Å². The molecular weight excluding hydrogens is 175 g/mol. The summed E-state index contributed by atoms with van der Waals surface area (Å²) in [5.41, 5.74) is 1.10. The van der Waals surface area contributed by atoms with E-state index >= 15 is 0 Å². The Balaban J connectivity index is 2.58. The van der Waals surface area contributed by atoms with Crippen molar-refractivity contribution in [2.75, 3.05) is 0 Å². The van der Waals surface area contributed by atoms with Crippen LogP contribution in [0.1, 0.15) is 18.9 Å². The van der Waals surface area contributed by atoms with Crippen LogP contribution in [-0.2, 0) is 6.42 Å². The molecule has 0 fully saturated rings. The number of benzene rings is 1. The van der Waals surface area contributed by atoms with Gasteiger partial charge in [-0.05, 0) is 30.5 Å². The zero-order valence-electron chi connectivity index (χ0n) is 7.06. The van der Waals surface area contributed by atoms with Gasteiger partial charge in [-0.25, -0.2) is 4.39 Å². The van der Waals surface area contributed by atoms with Gasteiger partial charge in [0.15, 0.2) is 0 Å². The van der Waals surface area contributed by atoms with Crippen molar-refractivity contribution in [3.05, 3.63) is 35.6 Å². The maximum Gasteiger partial charge on any atom is 0.123 e. The van der Waals surface area contributed by atoms with Crippen LogP contribution in [0.2, 0.25) is 0 Å². The van der Waals surface area contributed by atoms with Gasteiger partial charge in [0.2, 0.25) is 0 Å². The predicted octanol–water partition coefficient (Wildman–Crippen LogP) is 3.39. The van der Waals surface area contributed by atoms with Gasteiger partial charge in [-0.1, -0.05) is 19.1 Å². The highest BCUT2D eigenvalue weighted by Gasteiger charge is 2.02. The number of hydrogen-bond donors (Lipinski definition) is 0. The molecule has 0 heterocycles. The minimum absolute atomic E-state index is 0.162. The molecule has 2 heteroatoms. The topological polar surface area (TPSA) is 0 Å². The van der Waals surface area contributed by atoms with Crippen LogP contribution < -0.4 is 0 Å². The summed E-state index contributed by atoms with van der Waals surface area (Å²) in [6.45, 7) is 2.04. The van der Waals surface area contributed by atoms with Crippen molar-refractivity contribution in [3.63, 3.8) is 0 Å². The lowest BCUT2D eigenvalue weighted by Crippen LogP contribution is -2.00. The molecule has 0 saturated heterocycles. The molecule has 0 nitrogen and oxygen atoms in total. The molecule has 1 atom stereocenters. The molecule has 0 spiro atoms. The second-order valence-electron chi connectivity index (χ2n) is 2.84. The van der Waals surface area contributed by atoms with Gasteiger partial charge in [-0.2, -0.15) is 0 Å². The molecule has 0 saturated carbocycles. The fourth-order valence-electron chi connectivity index (χ4n) is 1.02. The fraction of sp³-hybridized carbons (Fsp3) is 0.400. The maximum atomic E-state index is 12.5. The normalized spacial score (nSPS) is 12.9. The molecule has 0 radical (unpaired) electrons. The smallest absolute Gasteiger partial charge is 0.123 e. The number of hydrogen-bond acceptors (Lipinski definition) is 0. The van der Waals surface area contributed by atoms with E-state index in [0.29, 0.717) is 0 Å². The minimum atomic E-state index is -0.193. The first-order valence-corrected chi connectivity index (χ1v) is 4.54. The molecule has 1 aromatic carbocycles. The molecule has 0 aliphatic heterocycles. The van der Waals surface area contributed by atoms with Crippen molar-refractivity contribution in [2.24, 2.45) is 0 Å². The Bertz CT molecular complexity index is 230. The summed E-state index contributed by atoms with van der Waals surface area (Å²) in [6.07, 6.45) is 1.76. The molecule has 0 amide bonds. The van der Waals surface area contributed by atoms with Gasteiger partial charge in [-0.3, -0.25) is 0 Å². The van der Waals surface area contributed by atoms with Gasteiger partial charge in [0.05, 0.1) is 0 Å². The number of alkyl halides is 1. The van der Waals surface area contributed by atoms with Crippen LogP contribution in [0.3, 0.4) is 0 Å². The van der Waals surface area contributed by atoms with Crippen molar-refractivity contribution in [3.8, 4) is 0 Å². The van der Waals surface area contributed by atoms with Crippen molar-refractivity contribution in [1.29, 1.82) is 0 Å². The summed E-state index contributed by atoms with van der Waals surface area (Å²) >= 11 is 5.95. The highest BCUT2D eigenvalue weighted by Crippen LogP contribution is 2.11. The van der Waals surface area contributed by atoms with Crippen LogP contribution in [0.25, 0.3) is 0 Å². The SMILES string of the molecule is CCC(Cl)Cc1ccc(F)cc1. The lowest BCUT2D eigenvalue weighted by Gasteiger charge is -2.05. The Hall–Kier alpha value is -0.560. The second-order valence-corrected chi connectivity index (χ2v) is 3.45. The van der Waals surface area contributed by atoms with E-state index in [1.54, 1.807) is 12.1 Å². The Morgan fingerprint density at radius 1 is 1.33 bits per heavy atom. The Morgan fingerprint density at radius 3 is 2.42 bits per heavy atom. The number of rotatable bonds is 3. The Labute approximate surface area is 77.4 Å². The summed E-state index contributed by atoms with van der Waals surface area (Å²) in [5, 5.41) is 0.162. The average molecular weight is 187 g/mol. The summed E-state index contributed by atoms with van der Waals surface area (Å²) in [6, 6.07) is 6.49. The fourth-order valence-corrected chi connectivity index (χ4v) is 1.20. The molecule has 0 bridgehead atoms. The van der Waals surface area contributed by atoms with E-state index < -0.39 is 0 Å². The first kappa shape index (κ1) is 9.53. The van der Waals surface area contributed by atoms with Gasteiger partial charge >= 0.3 is 0 Å². The monoisotopic (exact) mass is 186 g/mol. The van der Waals surface area contributed by atoms with Crippen LogP contribution >= 0.6 is 11.6 Å². The highest BCUT2D eigenvalue weighted by molar-refractivity contribution is 6.20. The molecule has 0 aliphatic rings. The average Bonchev–Trinajstić information content (AvgIpc) is 2.09. The van der Waals surface area contributed by atoms with E-state index in [2.05, 4.69) is 0 Å². The van der Waals surface area contributed by atoms with Crippen molar-refractivity contribution < 1.29 is 4.39 Å². The first-order chi connectivity index (χ1) is 5.72. The van der Waals surface area contributed by atoms with E-state index in [-0.39, 0.29) is 11.2 Å². The van der Waals surface area contributed by atoms with Crippen LogP contribution in [0.4, 0.5) is 4.39 Å². The molecule has 0 aliphatic carbocycles. The number of halogens is 2. The standard InChI is InChI=1S/C10H12ClF/c1-2-9(11)7-8-3-5-10(12)6-4-8/h3-6,9H,2,7H2,1H3. The van der Waals surface area contributed by atoms with E-state index in [0.717, 1.165) is 18.4 Å². The lowest BCUT2D eigenvalue weighted by atomic mass is 10.1. The van der Waals surface area contributed by atoms with Crippen LogP contribution in [0.5, 0.6) is 0 Å².